The van der Waals surface area contributed by atoms with Crippen LogP contribution < -0.4 is 10.1 Å². The van der Waals surface area contributed by atoms with Gasteiger partial charge in [-0.1, -0.05) is 6.07 Å². The van der Waals surface area contributed by atoms with E-state index in [1.807, 2.05) is 0 Å². The molecule has 0 spiro atoms. The first kappa shape index (κ1) is 22.0. The van der Waals surface area contributed by atoms with E-state index in [-0.39, 0.29) is 30.7 Å². The Hall–Kier alpha value is -3.29. The normalized spacial score (nSPS) is 10.4. The lowest BCUT2D eigenvalue weighted by Crippen LogP contribution is -2.38. The third kappa shape index (κ3) is 5.16. The molecule has 0 aliphatic rings. The predicted molar refractivity (Wildman–Crippen MR) is 109 cm³/mol. The van der Waals surface area contributed by atoms with Crippen LogP contribution in [0.15, 0.2) is 24.3 Å². The maximum atomic E-state index is 13.0. The van der Waals surface area contributed by atoms with Gasteiger partial charge in [-0.25, -0.2) is 4.79 Å². The Labute approximate surface area is 170 Å². The van der Waals surface area contributed by atoms with Crippen LogP contribution in [-0.4, -0.2) is 54.5 Å². The van der Waals surface area contributed by atoms with Crippen LogP contribution in [0.25, 0.3) is 0 Å². The molecule has 0 saturated carbocycles. The minimum absolute atomic E-state index is 0.126. The molecule has 1 heterocycles. The lowest BCUT2D eigenvalue weighted by Gasteiger charge is -2.20. The molecule has 0 saturated heterocycles. The number of hydrogen-bond donors (Lipinski definition) is 2. The number of aromatic nitrogens is 1. The average molecular weight is 401 g/mol. The summed E-state index contributed by atoms with van der Waals surface area (Å²) < 4.78 is 10.2. The van der Waals surface area contributed by atoms with Crippen molar-refractivity contribution in [3.63, 3.8) is 0 Å². The van der Waals surface area contributed by atoms with Gasteiger partial charge in [-0.2, -0.15) is 0 Å². The van der Waals surface area contributed by atoms with Gasteiger partial charge < -0.3 is 24.7 Å². The minimum Gasteiger partial charge on any atom is -0.497 e. The molecule has 0 fully saturated rings. The number of aromatic amines is 1. The molecule has 8 heteroatoms. The summed E-state index contributed by atoms with van der Waals surface area (Å²) in [5.41, 5.74) is 2.28. The Morgan fingerprint density at radius 3 is 2.52 bits per heavy atom. The standard InChI is InChI=1S/C21H27N3O5/c1-6-24(12-17(25)23-15-9-8-10-16(11-15)28-5)20(26)19-13(3)18(14(4)22-19)21(27)29-7-2/h8-11,22H,6-7,12H2,1-5H3,(H,23,25). The van der Waals surface area contributed by atoms with Crippen LogP contribution in [0, 0.1) is 13.8 Å². The van der Waals surface area contributed by atoms with E-state index in [1.54, 1.807) is 59.1 Å². The zero-order valence-electron chi connectivity index (χ0n) is 17.4. The van der Waals surface area contributed by atoms with Crippen LogP contribution in [0.2, 0.25) is 0 Å². The lowest BCUT2D eigenvalue weighted by molar-refractivity contribution is -0.116. The second kappa shape index (κ2) is 9.77. The number of ether oxygens (including phenoxy) is 2. The highest BCUT2D eigenvalue weighted by Crippen LogP contribution is 2.21. The number of nitrogens with one attached hydrogen (secondary N) is 2. The number of benzene rings is 1. The second-order valence-corrected chi connectivity index (χ2v) is 6.44. The monoisotopic (exact) mass is 401 g/mol. The number of hydrogen-bond acceptors (Lipinski definition) is 5. The van der Waals surface area contributed by atoms with Gasteiger partial charge in [0.2, 0.25) is 5.91 Å². The van der Waals surface area contributed by atoms with E-state index in [0.29, 0.717) is 34.8 Å². The van der Waals surface area contributed by atoms with Crippen LogP contribution in [-0.2, 0) is 9.53 Å². The molecular formula is C21H27N3O5. The highest BCUT2D eigenvalue weighted by molar-refractivity contribution is 6.02. The van der Waals surface area contributed by atoms with Gasteiger partial charge in [-0.15, -0.1) is 0 Å². The molecule has 156 valence electrons. The van der Waals surface area contributed by atoms with Gasteiger partial charge in [0.05, 0.1) is 19.3 Å². The zero-order valence-corrected chi connectivity index (χ0v) is 17.4. The largest absolute Gasteiger partial charge is 0.497 e. The summed E-state index contributed by atoms with van der Waals surface area (Å²) in [7, 11) is 1.55. The molecule has 2 N–H and O–H groups in total. The molecule has 0 aliphatic carbocycles. The number of methoxy groups -OCH3 is 1. The fourth-order valence-corrected chi connectivity index (χ4v) is 3.03. The Morgan fingerprint density at radius 2 is 1.90 bits per heavy atom. The van der Waals surface area contributed by atoms with Crippen molar-refractivity contribution >= 4 is 23.5 Å². The zero-order chi connectivity index (χ0) is 21.6. The molecule has 0 radical (unpaired) electrons. The van der Waals surface area contributed by atoms with E-state index in [2.05, 4.69) is 10.3 Å². The van der Waals surface area contributed by atoms with E-state index in [0.717, 1.165) is 0 Å². The van der Waals surface area contributed by atoms with Gasteiger partial charge in [-0.3, -0.25) is 9.59 Å². The average Bonchev–Trinajstić information content (AvgIpc) is 3.00. The molecule has 2 amide bonds. The van der Waals surface area contributed by atoms with Crippen molar-refractivity contribution in [1.29, 1.82) is 0 Å². The van der Waals surface area contributed by atoms with E-state index in [1.165, 1.54) is 4.90 Å². The van der Waals surface area contributed by atoms with Crippen molar-refractivity contribution < 1.29 is 23.9 Å². The summed E-state index contributed by atoms with van der Waals surface area (Å²) in [6, 6.07) is 6.97. The van der Waals surface area contributed by atoms with E-state index in [9.17, 15) is 14.4 Å². The highest BCUT2D eigenvalue weighted by Gasteiger charge is 2.26. The number of aryl methyl sites for hydroxylation is 1. The van der Waals surface area contributed by atoms with Crippen molar-refractivity contribution in [2.45, 2.75) is 27.7 Å². The summed E-state index contributed by atoms with van der Waals surface area (Å²) in [4.78, 5) is 41.9. The van der Waals surface area contributed by atoms with Gasteiger partial charge in [-0.05, 0) is 45.4 Å². The third-order valence-corrected chi connectivity index (χ3v) is 4.49. The Morgan fingerprint density at radius 1 is 1.17 bits per heavy atom. The molecular weight excluding hydrogens is 374 g/mol. The predicted octanol–water partition coefficient (Wildman–Crippen LogP) is 2.92. The van der Waals surface area contributed by atoms with Crippen molar-refractivity contribution in [1.82, 2.24) is 9.88 Å². The van der Waals surface area contributed by atoms with Crippen LogP contribution >= 0.6 is 0 Å². The van der Waals surface area contributed by atoms with Crippen LogP contribution in [0.4, 0.5) is 5.69 Å². The first-order chi connectivity index (χ1) is 13.8. The summed E-state index contributed by atoms with van der Waals surface area (Å²) in [5.74, 6) is -0.545. The van der Waals surface area contributed by atoms with Crippen molar-refractivity contribution in [2.24, 2.45) is 0 Å². The highest BCUT2D eigenvalue weighted by atomic mass is 16.5. The van der Waals surface area contributed by atoms with Crippen LogP contribution in [0.3, 0.4) is 0 Å². The maximum Gasteiger partial charge on any atom is 0.340 e. The smallest absolute Gasteiger partial charge is 0.340 e. The number of carbonyl (C=O) groups is 3. The molecule has 8 nitrogen and oxygen atoms in total. The van der Waals surface area contributed by atoms with Gasteiger partial charge in [0.1, 0.15) is 18.0 Å². The minimum atomic E-state index is -0.475. The quantitative estimate of drug-likeness (QED) is 0.663. The van der Waals surface area contributed by atoms with Crippen molar-refractivity contribution in [3.05, 3.63) is 46.8 Å². The van der Waals surface area contributed by atoms with E-state index < -0.39 is 5.97 Å². The Bertz CT molecular complexity index is 904. The third-order valence-electron chi connectivity index (χ3n) is 4.49. The fourth-order valence-electron chi connectivity index (χ4n) is 3.03. The molecule has 0 aliphatic heterocycles. The summed E-state index contributed by atoms with van der Waals surface area (Å²) in [6.07, 6.45) is 0. The summed E-state index contributed by atoms with van der Waals surface area (Å²) in [6.45, 7) is 7.36. The van der Waals surface area contributed by atoms with Crippen molar-refractivity contribution in [2.75, 3.05) is 32.1 Å². The molecule has 29 heavy (non-hydrogen) atoms. The number of carbonyl (C=O) groups excluding carboxylic acids is 3. The first-order valence-electron chi connectivity index (χ1n) is 9.41. The van der Waals surface area contributed by atoms with Crippen LogP contribution in [0.1, 0.15) is 46.0 Å². The first-order valence-corrected chi connectivity index (χ1v) is 9.41. The van der Waals surface area contributed by atoms with E-state index >= 15 is 0 Å². The number of H-pyrrole nitrogens is 1. The van der Waals surface area contributed by atoms with Crippen LogP contribution in [0.5, 0.6) is 5.75 Å². The number of amides is 2. The lowest BCUT2D eigenvalue weighted by atomic mass is 10.1. The number of esters is 1. The van der Waals surface area contributed by atoms with Crippen molar-refractivity contribution in [3.8, 4) is 5.75 Å². The fraction of sp³-hybridized carbons (Fsp3) is 0.381. The second-order valence-electron chi connectivity index (χ2n) is 6.44. The molecule has 0 bridgehead atoms. The number of rotatable bonds is 8. The van der Waals surface area contributed by atoms with Gasteiger partial charge >= 0.3 is 5.97 Å². The molecule has 0 atom stereocenters. The van der Waals surface area contributed by atoms with Gasteiger partial charge in [0.15, 0.2) is 0 Å². The number of nitrogens with zero attached hydrogens (tertiary/aromatic N) is 1. The number of likely N-dealkylation sites (N-methyl/N-ethyl adjacent to an activating group) is 1. The topological polar surface area (TPSA) is 101 Å². The number of anilines is 1. The van der Waals surface area contributed by atoms with E-state index in [4.69, 9.17) is 9.47 Å². The molecule has 2 aromatic rings. The summed E-state index contributed by atoms with van der Waals surface area (Å²) in [5, 5.41) is 2.76. The molecule has 2 rings (SSSR count). The summed E-state index contributed by atoms with van der Waals surface area (Å²) >= 11 is 0. The molecule has 1 aromatic heterocycles. The SMILES string of the molecule is CCOC(=O)c1c(C)[nH]c(C(=O)N(CC)CC(=O)Nc2cccc(OC)c2)c1C. The molecule has 1 aromatic carbocycles. The van der Waals surface area contributed by atoms with Gasteiger partial charge in [0, 0.05) is 24.0 Å². The van der Waals surface area contributed by atoms with Gasteiger partial charge in [0.25, 0.3) is 5.91 Å². The Balaban J connectivity index is 2.15. The maximum absolute atomic E-state index is 13.0. The Kier molecular flexibility index (Phi) is 7.41. The molecule has 0 unspecified atom stereocenters.